The van der Waals surface area contributed by atoms with Gasteiger partial charge in [-0.3, -0.25) is 0 Å². The van der Waals surface area contributed by atoms with Crippen LogP contribution in [0.3, 0.4) is 0 Å². The van der Waals surface area contributed by atoms with Gasteiger partial charge in [0.1, 0.15) is 5.82 Å². The molecule has 0 fully saturated rings. The third-order valence-electron chi connectivity index (χ3n) is 3.53. The lowest BCUT2D eigenvalue weighted by molar-refractivity contribution is 0.570. The molecule has 3 aromatic rings. The van der Waals surface area contributed by atoms with Gasteiger partial charge in [0, 0.05) is 30.7 Å². The number of fused-ring (bicyclic) bond motifs is 1. The molecule has 1 unspecified atom stereocenters. The van der Waals surface area contributed by atoms with Gasteiger partial charge in [-0.05, 0) is 25.6 Å². The predicted octanol–water partition coefficient (Wildman–Crippen LogP) is 2.25. The summed E-state index contributed by atoms with van der Waals surface area (Å²) in [4.78, 5) is 4.53. The molecular formula is C15H19N5. The third kappa shape index (κ3) is 2.10. The maximum absolute atomic E-state index is 4.53. The Balaban J connectivity index is 2.07. The Kier molecular flexibility index (Phi) is 3.52. The van der Waals surface area contributed by atoms with Crippen LogP contribution in [0.4, 0.5) is 0 Å². The highest BCUT2D eigenvalue weighted by atomic mass is 15.2. The van der Waals surface area contributed by atoms with Gasteiger partial charge in [0.25, 0.3) is 0 Å². The van der Waals surface area contributed by atoms with Crippen molar-refractivity contribution in [3.8, 4) is 0 Å². The van der Waals surface area contributed by atoms with Crippen molar-refractivity contribution in [2.45, 2.75) is 25.9 Å². The lowest BCUT2D eigenvalue weighted by Gasteiger charge is -2.16. The summed E-state index contributed by atoms with van der Waals surface area (Å²) in [6, 6.07) is 6.15. The molecule has 0 saturated carbocycles. The summed E-state index contributed by atoms with van der Waals surface area (Å²) < 4.78 is 4.10. The second kappa shape index (κ2) is 5.46. The quantitative estimate of drug-likeness (QED) is 0.773. The Labute approximate surface area is 118 Å². The Bertz CT molecular complexity index is 697. The molecular weight excluding hydrogens is 250 g/mol. The smallest absolute Gasteiger partial charge is 0.130 e. The zero-order chi connectivity index (χ0) is 13.9. The maximum atomic E-state index is 4.53. The first-order valence-corrected chi connectivity index (χ1v) is 6.95. The molecule has 0 amide bonds. The van der Waals surface area contributed by atoms with Gasteiger partial charge in [-0.15, -0.1) is 0 Å². The van der Waals surface area contributed by atoms with E-state index in [-0.39, 0.29) is 6.04 Å². The molecule has 1 atom stereocenters. The van der Waals surface area contributed by atoms with Crippen molar-refractivity contribution in [2.75, 3.05) is 7.05 Å². The van der Waals surface area contributed by atoms with Crippen LogP contribution < -0.4 is 5.32 Å². The second-order valence-electron chi connectivity index (χ2n) is 4.83. The first kappa shape index (κ1) is 12.9. The van der Waals surface area contributed by atoms with E-state index in [0.29, 0.717) is 0 Å². The first-order chi connectivity index (χ1) is 9.85. The summed E-state index contributed by atoms with van der Waals surface area (Å²) in [5.41, 5.74) is 2.26. The summed E-state index contributed by atoms with van der Waals surface area (Å²) in [7, 11) is 1.96. The fourth-order valence-corrected chi connectivity index (χ4v) is 2.61. The Morgan fingerprint density at radius 2 is 2.20 bits per heavy atom. The van der Waals surface area contributed by atoms with Gasteiger partial charge in [-0.25, -0.2) is 9.50 Å². The number of hydrogen-bond donors (Lipinski definition) is 1. The van der Waals surface area contributed by atoms with Crippen LogP contribution in [0.25, 0.3) is 5.52 Å². The summed E-state index contributed by atoms with van der Waals surface area (Å²) in [5, 5.41) is 7.77. The van der Waals surface area contributed by atoms with Crippen molar-refractivity contribution in [3.05, 3.63) is 54.4 Å². The largest absolute Gasteiger partial charge is 0.333 e. The third-order valence-corrected chi connectivity index (χ3v) is 3.53. The SMILES string of the molecule is CCCn1ccnc1C(NC)c1cnn2ccccc12. The van der Waals surface area contributed by atoms with Gasteiger partial charge >= 0.3 is 0 Å². The van der Waals surface area contributed by atoms with Crippen LogP contribution in [-0.2, 0) is 6.54 Å². The van der Waals surface area contributed by atoms with E-state index in [9.17, 15) is 0 Å². The van der Waals surface area contributed by atoms with Crippen LogP contribution in [0.1, 0.15) is 30.8 Å². The molecule has 20 heavy (non-hydrogen) atoms. The lowest BCUT2D eigenvalue weighted by atomic mass is 10.1. The van der Waals surface area contributed by atoms with Crippen molar-refractivity contribution < 1.29 is 0 Å². The Morgan fingerprint density at radius 3 is 3.00 bits per heavy atom. The summed E-state index contributed by atoms with van der Waals surface area (Å²) in [5.74, 6) is 1.04. The number of imidazole rings is 1. The van der Waals surface area contributed by atoms with Crippen molar-refractivity contribution in [1.82, 2.24) is 24.5 Å². The fourth-order valence-electron chi connectivity index (χ4n) is 2.61. The molecule has 0 aliphatic rings. The van der Waals surface area contributed by atoms with Gasteiger partial charge in [0.15, 0.2) is 0 Å². The van der Waals surface area contributed by atoms with Crippen molar-refractivity contribution in [2.24, 2.45) is 0 Å². The predicted molar refractivity (Wildman–Crippen MR) is 78.6 cm³/mol. The molecule has 0 spiro atoms. The summed E-state index contributed by atoms with van der Waals surface area (Å²) in [6.07, 6.45) is 8.87. The van der Waals surface area contributed by atoms with Crippen LogP contribution in [0.2, 0.25) is 0 Å². The number of rotatable bonds is 5. The van der Waals surface area contributed by atoms with Crippen LogP contribution in [-0.4, -0.2) is 26.2 Å². The highest BCUT2D eigenvalue weighted by Gasteiger charge is 2.20. The van der Waals surface area contributed by atoms with Gasteiger partial charge in [0.05, 0.1) is 17.8 Å². The minimum absolute atomic E-state index is 0.0523. The molecule has 0 bridgehead atoms. The molecule has 5 nitrogen and oxygen atoms in total. The van der Waals surface area contributed by atoms with E-state index in [1.54, 1.807) is 0 Å². The lowest BCUT2D eigenvalue weighted by Crippen LogP contribution is -2.22. The standard InChI is InChI=1S/C15H19N5/c1-3-8-19-10-7-17-15(19)14(16-2)12-11-18-20-9-5-4-6-13(12)20/h4-7,9-11,14,16H,3,8H2,1-2H3. The number of pyridine rings is 1. The van der Waals surface area contributed by atoms with Crippen molar-refractivity contribution in [3.63, 3.8) is 0 Å². The van der Waals surface area contributed by atoms with Gasteiger partial charge < -0.3 is 9.88 Å². The highest BCUT2D eigenvalue weighted by molar-refractivity contribution is 5.56. The number of nitrogens with one attached hydrogen (secondary N) is 1. The molecule has 3 heterocycles. The average Bonchev–Trinajstić information content (AvgIpc) is 3.09. The Morgan fingerprint density at radius 1 is 1.30 bits per heavy atom. The molecule has 5 heteroatoms. The van der Waals surface area contributed by atoms with E-state index in [0.717, 1.165) is 29.9 Å². The second-order valence-corrected chi connectivity index (χ2v) is 4.83. The summed E-state index contributed by atoms with van der Waals surface area (Å²) in [6.45, 7) is 3.15. The van der Waals surface area contributed by atoms with Gasteiger partial charge in [0.2, 0.25) is 0 Å². The van der Waals surface area contributed by atoms with E-state index >= 15 is 0 Å². The highest BCUT2D eigenvalue weighted by Crippen LogP contribution is 2.24. The zero-order valence-electron chi connectivity index (χ0n) is 11.8. The molecule has 3 rings (SSSR count). The topological polar surface area (TPSA) is 47.2 Å². The normalized spacial score (nSPS) is 12.9. The van der Waals surface area contributed by atoms with Crippen molar-refractivity contribution >= 4 is 5.52 Å². The van der Waals surface area contributed by atoms with Crippen LogP contribution >= 0.6 is 0 Å². The molecule has 1 N–H and O–H groups in total. The molecule has 0 aliphatic heterocycles. The molecule has 3 aromatic heterocycles. The van der Waals surface area contributed by atoms with Gasteiger partial charge in [-0.1, -0.05) is 13.0 Å². The summed E-state index contributed by atoms with van der Waals surface area (Å²) >= 11 is 0. The Hall–Kier alpha value is -2.14. The van der Waals surface area contributed by atoms with E-state index in [2.05, 4.69) is 33.0 Å². The molecule has 104 valence electrons. The van der Waals surface area contributed by atoms with E-state index in [1.807, 2.05) is 48.5 Å². The molecule has 0 saturated heterocycles. The van der Waals surface area contributed by atoms with Crippen LogP contribution in [0, 0.1) is 0 Å². The number of hydrogen-bond acceptors (Lipinski definition) is 3. The monoisotopic (exact) mass is 269 g/mol. The minimum Gasteiger partial charge on any atom is -0.333 e. The molecule has 0 aliphatic carbocycles. The van der Waals surface area contributed by atoms with Gasteiger partial charge in [-0.2, -0.15) is 5.10 Å². The number of nitrogens with zero attached hydrogens (tertiary/aromatic N) is 4. The molecule has 0 radical (unpaired) electrons. The minimum atomic E-state index is 0.0523. The average molecular weight is 269 g/mol. The zero-order valence-corrected chi connectivity index (χ0v) is 11.8. The van der Waals surface area contributed by atoms with Crippen LogP contribution in [0.15, 0.2) is 43.0 Å². The fraction of sp³-hybridized carbons (Fsp3) is 0.333. The van der Waals surface area contributed by atoms with E-state index in [1.165, 1.54) is 0 Å². The van der Waals surface area contributed by atoms with E-state index in [4.69, 9.17) is 0 Å². The molecule has 0 aromatic carbocycles. The number of aromatic nitrogens is 4. The number of aryl methyl sites for hydroxylation is 1. The maximum Gasteiger partial charge on any atom is 0.130 e. The first-order valence-electron chi connectivity index (χ1n) is 6.95. The van der Waals surface area contributed by atoms with Crippen molar-refractivity contribution in [1.29, 1.82) is 0 Å². The van der Waals surface area contributed by atoms with E-state index < -0.39 is 0 Å². The van der Waals surface area contributed by atoms with Crippen LogP contribution in [0.5, 0.6) is 0 Å².